The van der Waals surface area contributed by atoms with Crippen molar-refractivity contribution in [3.8, 4) is 17.0 Å². The van der Waals surface area contributed by atoms with Crippen LogP contribution in [-0.2, 0) is 4.79 Å². The zero-order valence-corrected chi connectivity index (χ0v) is 24.1. The largest absolute Gasteiger partial charge is 0.497 e. The van der Waals surface area contributed by atoms with Gasteiger partial charge < -0.3 is 15.8 Å². The van der Waals surface area contributed by atoms with Crippen LogP contribution in [0.1, 0.15) is 58.1 Å². The van der Waals surface area contributed by atoms with Gasteiger partial charge in [-0.2, -0.15) is 4.37 Å². The fourth-order valence-electron chi connectivity index (χ4n) is 5.29. The number of benzene rings is 3. The van der Waals surface area contributed by atoms with Gasteiger partial charge in [0.05, 0.1) is 12.8 Å². The molecule has 1 aromatic heterocycles. The van der Waals surface area contributed by atoms with E-state index in [1.54, 1.807) is 31.4 Å². The minimum absolute atomic E-state index is 0.0531. The lowest BCUT2D eigenvalue weighted by atomic mass is 9.99. The Balaban J connectivity index is 1.65. The molecule has 1 saturated carbocycles. The van der Waals surface area contributed by atoms with Crippen molar-refractivity contribution in [1.29, 1.82) is 0 Å². The number of anilines is 2. The standard InChI is InChI=1S/C32H33FN4O3S/c1-19-7-6-10-26(20(19)2)37(32(39)30-27(34)28(36-41-30)21-11-15-23(33)16-12-21)29(22-13-17-25(40-3)18-14-22)31(38)35-24-8-4-5-9-24/h6-7,10-18,24,29H,4-5,8-9,34H2,1-3H3,(H,35,38)/t29-/m0/s1. The number of halogens is 1. The second-order valence-electron chi connectivity index (χ2n) is 10.3. The van der Waals surface area contributed by atoms with Gasteiger partial charge in [-0.15, -0.1) is 0 Å². The third kappa shape index (κ3) is 5.81. The van der Waals surface area contributed by atoms with Crippen molar-refractivity contribution in [3.63, 3.8) is 0 Å². The van der Waals surface area contributed by atoms with Crippen molar-refractivity contribution >= 4 is 34.7 Å². The Kier molecular flexibility index (Phi) is 8.35. The molecule has 1 aliphatic carbocycles. The van der Waals surface area contributed by atoms with E-state index in [0.29, 0.717) is 28.3 Å². The number of methoxy groups -OCH3 is 1. The summed E-state index contributed by atoms with van der Waals surface area (Å²) in [6.45, 7) is 3.90. The maximum absolute atomic E-state index is 14.6. The molecule has 2 amide bonds. The Morgan fingerprint density at radius 1 is 1.05 bits per heavy atom. The van der Waals surface area contributed by atoms with E-state index in [1.165, 1.54) is 17.0 Å². The molecule has 41 heavy (non-hydrogen) atoms. The van der Waals surface area contributed by atoms with Crippen molar-refractivity contribution in [1.82, 2.24) is 9.69 Å². The second-order valence-corrected chi connectivity index (χ2v) is 11.1. The van der Waals surface area contributed by atoms with E-state index in [9.17, 15) is 14.0 Å². The molecule has 212 valence electrons. The van der Waals surface area contributed by atoms with Gasteiger partial charge in [-0.3, -0.25) is 14.5 Å². The number of carbonyl (C=O) groups excluding carboxylic acids is 2. The number of aromatic nitrogens is 1. The van der Waals surface area contributed by atoms with Gasteiger partial charge in [-0.25, -0.2) is 4.39 Å². The smallest absolute Gasteiger partial charge is 0.273 e. The van der Waals surface area contributed by atoms with E-state index in [-0.39, 0.29) is 28.3 Å². The maximum Gasteiger partial charge on any atom is 0.273 e. The Morgan fingerprint density at radius 2 is 1.73 bits per heavy atom. The van der Waals surface area contributed by atoms with Gasteiger partial charge in [-0.05, 0) is 97.4 Å². The number of nitrogens with two attached hydrogens (primary N) is 1. The Labute approximate surface area is 243 Å². The van der Waals surface area contributed by atoms with Crippen LogP contribution in [0, 0.1) is 19.7 Å². The molecule has 1 heterocycles. The van der Waals surface area contributed by atoms with Gasteiger partial charge in [-0.1, -0.05) is 37.1 Å². The predicted molar refractivity (Wildman–Crippen MR) is 161 cm³/mol. The molecule has 0 spiro atoms. The maximum atomic E-state index is 14.6. The van der Waals surface area contributed by atoms with Crippen LogP contribution in [0.3, 0.4) is 0 Å². The molecular weight excluding hydrogens is 539 g/mol. The van der Waals surface area contributed by atoms with Crippen molar-refractivity contribution in [2.75, 3.05) is 17.7 Å². The average Bonchev–Trinajstić information content (AvgIpc) is 3.63. The Bertz CT molecular complexity index is 1550. The molecule has 4 aromatic rings. The first-order valence-electron chi connectivity index (χ1n) is 13.6. The van der Waals surface area contributed by atoms with Gasteiger partial charge in [0.2, 0.25) is 5.91 Å². The van der Waals surface area contributed by atoms with Crippen LogP contribution in [0.15, 0.2) is 66.7 Å². The van der Waals surface area contributed by atoms with Crippen LogP contribution >= 0.6 is 11.5 Å². The molecule has 3 aromatic carbocycles. The summed E-state index contributed by atoms with van der Waals surface area (Å²) < 4.78 is 23.4. The van der Waals surface area contributed by atoms with E-state index in [0.717, 1.165) is 48.3 Å². The zero-order chi connectivity index (χ0) is 29.1. The van der Waals surface area contributed by atoms with Crippen LogP contribution in [0.2, 0.25) is 0 Å². The van der Waals surface area contributed by atoms with Crippen LogP contribution in [0.25, 0.3) is 11.3 Å². The van der Waals surface area contributed by atoms with Crippen molar-refractivity contribution in [2.45, 2.75) is 51.6 Å². The number of nitrogens with one attached hydrogen (secondary N) is 1. The van der Waals surface area contributed by atoms with Crippen molar-refractivity contribution in [2.24, 2.45) is 0 Å². The molecule has 0 unspecified atom stereocenters. The summed E-state index contributed by atoms with van der Waals surface area (Å²) in [5, 5.41) is 3.20. The number of rotatable bonds is 8. The zero-order valence-electron chi connectivity index (χ0n) is 23.3. The minimum atomic E-state index is -0.981. The lowest BCUT2D eigenvalue weighted by Gasteiger charge is -2.33. The van der Waals surface area contributed by atoms with Gasteiger partial charge in [0.15, 0.2) is 0 Å². The lowest BCUT2D eigenvalue weighted by Crippen LogP contribution is -2.46. The van der Waals surface area contributed by atoms with E-state index >= 15 is 0 Å². The SMILES string of the molecule is COc1ccc([C@@H](C(=O)NC2CCCC2)N(C(=O)c2snc(-c3ccc(F)cc3)c2N)c2cccc(C)c2C)cc1. The Morgan fingerprint density at radius 3 is 2.39 bits per heavy atom. The number of carbonyl (C=O) groups is 2. The molecular formula is C32H33FN4O3S. The molecule has 0 aliphatic heterocycles. The summed E-state index contributed by atoms with van der Waals surface area (Å²) in [5.74, 6) is -0.442. The van der Waals surface area contributed by atoms with Crippen molar-refractivity contribution < 1.29 is 18.7 Å². The normalized spacial score (nSPS) is 14.0. The van der Waals surface area contributed by atoms with Crippen LogP contribution in [-0.4, -0.2) is 29.3 Å². The minimum Gasteiger partial charge on any atom is -0.497 e. The fraction of sp³-hybridized carbons (Fsp3) is 0.281. The van der Waals surface area contributed by atoms with Gasteiger partial charge >= 0.3 is 0 Å². The molecule has 3 N–H and O–H groups in total. The molecule has 0 bridgehead atoms. The monoisotopic (exact) mass is 572 g/mol. The molecule has 1 fully saturated rings. The number of amides is 2. The average molecular weight is 573 g/mol. The lowest BCUT2D eigenvalue weighted by molar-refractivity contribution is -0.123. The highest BCUT2D eigenvalue weighted by atomic mass is 32.1. The highest BCUT2D eigenvalue weighted by Gasteiger charge is 2.37. The number of nitrogens with zero attached hydrogens (tertiary/aromatic N) is 2. The number of hydrogen-bond acceptors (Lipinski definition) is 6. The van der Waals surface area contributed by atoms with E-state index < -0.39 is 11.9 Å². The number of ether oxygens (including phenoxy) is 1. The number of hydrogen-bond donors (Lipinski definition) is 2. The molecule has 9 heteroatoms. The summed E-state index contributed by atoms with van der Waals surface area (Å²) >= 11 is 0.968. The van der Waals surface area contributed by atoms with E-state index in [2.05, 4.69) is 9.69 Å². The first-order chi connectivity index (χ1) is 19.8. The topological polar surface area (TPSA) is 97.5 Å². The summed E-state index contributed by atoms with van der Waals surface area (Å²) in [4.78, 5) is 30.4. The predicted octanol–water partition coefficient (Wildman–Crippen LogP) is 6.60. The fourth-order valence-corrected chi connectivity index (χ4v) is 6.05. The van der Waals surface area contributed by atoms with Gasteiger partial charge in [0.1, 0.15) is 28.2 Å². The van der Waals surface area contributed by atoms with Crippen molar-refractivity contribution in [3.05, 3.63) is 94.1 Å². The molecule has 1 atom stereocenters. The van der Waals surface area contributed by atoms with E-state index in [4.69, 9.17) is 10.5 Å². The second kappa shape index (κ2) is 12.1. The Hall–Kier alpha value is -4.24. The van der Waals surface area contributed by atoms with Crippen LogP contribution in [0.4, 0.5) is 15.8 Å². The summed E-state index contributed by atoms with van der Waals surface area (Å²) in [6.07, 6.45) is 3.92. The first kappa shape index (κ1) is 28.3. The van der Waals surface area contributed by atoms with Crippen LogP contribution < -0.4 is 20.7 Å². The third-order valence-electron chi connectivity index (χ3n) is 7.73. The highest BCUT2D eigenvalue weighted by molar-refractivity contribution is 7.09. The number of aryl methyl sites for hydroxylation is 1. The summed E-state index contributed by atoms with van der Waals surface area (Å²) in [5.41, 5.74) is 10.8. The van der Waals surface area contributed by atoms with Gasteiger partial charge in [0.25, 0.3) is 5.91 Å². The highest BCUT2D eigenvalue weighted by Crippen LogP contribution is 2.38. The van der Waals surface area contributed by atoms with Crippen LogP contribution in [0.5, 0.6) is 5.75 Å². The molecule has 1 aliphatic rings. The molecule has 5 rings (SSSR count). The molecule has 0 saturated heterocycles. The molecule has 0 radical (unpaired) electrons. The summed E-state index contributed by atoms with van der Waals surface area (Å²) in [7, 11) is 1.58. The third-order valence-corrected chi connectivity index (χ3v) is 8.58. The quantitative estimate of drug-likeness (QED) is 0.248. The number of nitrogen functional groups attached to an aromatic ring is 1. The van der Waals surface area contributed by atoms with E-state index in [1.807, 2.05) is 44.2 Å². The molecule has 7 nitrogen and oxygen atoms in total. The first-order valence-corrected chi connectivity index (χ1v) is 14.4. The van der Waals surface area contributed by atoms with Gasteiger partial charge in [0, 0.05) is 17.3 Å². The summed E-state index contributed by atoms with van der Waals surface area (Å²) in [6, 6.07) is 17.7.